The Kier molecular flexibility index (Phi) is 6.00. The maximum atomic E-state index is 10.8. The third-order valence-electron chi connectivity index (χ3n) is 7.25. The van der Waals surface area contributed by atoms with Crippen molar-refractivity contribution in [2.75, 3.05) is 0 Å². The van der Waals surface area contributed by atoms with Crippen molar-refractivity contribution in [2.45, 2.75) is 0 Å². The van der Waals surface area contributed by atoms with Gasteiger partial charge in [-0.1, -0.05) is 88.5 Å². The molecule has 0 spiro atoms. The third kappa shape index (κ3) is 3.70. The fourth-order valence-electron chi connectivity index (χ4n) is 5.52. The Morgan fingerprint density at radius 2 is 1.45 bits per heavy atom. The number of benzene rings is 5. The molecule has 0 bridgehead atoms. The van der Waals surface area contributed by atoms with Crippen LogP contribution >= 0.6 is 11.3 Å². The first-order valence-electron chi connectivity index (χ1n) is 12.7. The molecule has 194 valence electrons. The molecule has 8 rings (SSSR count). The fraction of sp³-hybridized carbons (Fsp3) is 0. The Labute approximate surface area is 248 Å². The normalized spacial score (nSPS) is 11.4. The van der Waals surface area contributed by atoms with Crippen LogP contribution in [0.3, 0.4) is 0 Å². The molecule has 0 aliphatic heterocycles. The van der Waals surface area contributed by atoms with Gasteiger partial charge in [-0.3, -0.25) is 9.55 Å². The minimum atomic E-state index is 0. The second kappa shape index (κ2) is 9.71. The maximum absolute atomic E-state index is 10.8. The van der Waals surface area contributed by atoms with E-state index >= 15 is 0 Å². The van der Waals surface area contributed by atoms with Gasteiger partial charge < -0.3 is 5.11 Å². The Hall–Kier alpha value is -4.31. The molecule has 0 unspecified atom stereocenters. The van der Waals surface area contributed by atoms with Gasteiger partial charge in [0.25, 0.3) is 0 Å². The first kappa shape index (κ1) is 24.7. The molecule has 6 heteroatoms. The van der Waals surface area contributed by atoms with E-state index in [0.29, 0.717) is 11.4 Å². The summed E-state index contributed by atoms with van der Waals surface area (Å²) in [5.74, 6) is 0.885. The summed E-state index contributed by atoms with van der Waals surface area (Å²) in [4.78, 5) is 9.92. The number of phenolic OH excluding ortho intramolecular Hbond substituents is 1. The summed E-state index contributed by atoms with van der Waals surface area (Å²) in [5, 5.41) is 14.2. The summed E-state index contributed by atoms with van der Waals surface area (Å²) >= 11 is 1.76. The van der Waals surface area contributed by atoms with Crippen LogP contribution in [0, 0.1) is 6.07 Å². The summed E-state index contributed by atoms with van der Waals surface area (Å²) in [6, 6.07) is 40.2. The number of hydrogen-bond acceptors (Lipinski definition) is 4. The average molecular weight is 714 g/mol. The molecule has 0 saturated carbocycles. The van der Waals surface area contributed by atoms with Crippen LogP contribution in [0.2, 0.25) is 0 Å². The Morgan fingerprint density at radius 1 is 0.700 bits per heavy atom. The summed E-state index contributed by atoms with van der Waals surface area (Å²) in [6.45, 7) is 0. The predicted molar refractivity (Wildman–Crippen MR) is 161 cm³/mol. The number of para-hydroxylation sites is 3. The van der Waals surface area contributed by atoms with Crippen LogP contribution in [0.1, 0.15) is 0 Å². The molecule has 40 heavy (non-hydrogen) atoms. The van der Waals surface area contributed by atoms with Crippen LogP contribution in [0.25, 0.3) is 70.3 Å². The van der Waals surface area contributed by atoms with E-state index in [4.69, 9.17) is 9.97 Å². The van der Waals surface area contributed by atoms with Crippen molar-refractivity contribution < 1.29 is 26.2 Å². The van der Waals surface area contributed by atoms with E-state index in [1.165, 1.54) is 10.1 Å². The minimum absolute atomic E-state index is 0. The molecule has 0 radical (unpaired) electrons. The van der Waals surface area contributed by atoms with Crippen LogP contribution in [0.5, 0.6) is 5.75 Å². The number of pyridine rings is 1. The van der Waals surface area contributed by atoms with Crippen molar-refractivity contribution in [3.8, 4) is 34.0 Å². The van der Waals surface area contributed by atoms with E-state index in [-0.39, 0.29) is 26.8 Å². The van der Waals surface area contributed by atoms with E-state index in [0.717, 1.165) is 48.8 Å². The van der Waals surface area contributed by atoms with Gasteiger partial charge in [-0.05, 0) is 47.2 Å². The van der Waals surface area contributed by atoms with E-state index in [1.54, 1.807) is 17.4 Å². The number of imidazole rings is 1. The topological polar surface area (TPSA) is 50.9 Å². The average Bonchev–Trinajstić information content (AvgIpc) is 3.56. The van der Waals surface area contributed by atoms with Crippen molar-refractivity contribution in [3.05, 3.63) is 121 Å². The molecule has 0 aliphatic rings. The summed E-state index contributed by atoms with van der Waals surface area (Å²) in [5.41, 5.74) is 6.44. The Balaban J connectivity index is 0.00000264. The van der Waals surface area contributed by atoms with Gasteiger partial charge in [0.15, 0.2) is 0 Å². The van der Waals surface area contributed by atoms with Crippen LogP contribution in [0.15, 0.2) is 115 Å². The first-order valence-corrected chi connectivity index (χ1v) is 13.6. The van der Waals surface area contributed by atoms with Gasteiger partial charge in [0.05, 0.1) is 16.6 Å². The second-order valence-electron chi connectivity index (χ2n) is 9.50. The van der Waals surface area contributed by atoms with E-state index in [2.05, 4.69) is 71.3 Å². The number of thiophene rings is 1. The van der Waals surface area contributed by atoms with Gasteiger partial charge >= 0.3 is 0 Å². The standard InChI is InChI=1S/C34H20N3OS.Pt/c38-29-17-7-6-14-25(29)34-36-31-23(15-8-16-28(31)37(34)21-10-2-1-3-11-21)26-20-27-32-30(18-9-19-35-32)39-33(27)24-13-5-4-12-22(24)26;/h1-19,38H;/q-1;. The quantitative estimate of drug-likeness (QED) is 0.186. The zero-order chi connectivity index (χ0) is 25.9. The molecule has 3 heterocycles. The summed E-state index contributed by atoms with van der Waals surface area (Å²) < 4.78 is 4.47. The van der Waals surface area contributed by atoms with E-state index in [9.17, 15) is 5.11 Å². The van der Waals surface area contributed by atoms with E-state index < -0.39 is 0 Å². The molecule has 0 amide bonds. The fourth-order valence-corrected chi connectivity index (χ4v) is 6.68. The molecule has 0 saturated heterocycles. The molecular formula is C34H20N3OPtS-. The molecule has 0 aliphatic carbocycles. The monoisotopic (exact) mass is 713 g/mol. The van der Waals surface area contributed by atoms with Crippen molar-refractivity contribution in [1.82, 2.24) is 14.5 Å². The summed E-state index contributed by atoms with van der Waals surface area (Å²) in [6.07, 6.45) is 1.85. The number of phenols is 1. The zero-order valence-corrected chi connectivity index (χ0v) is 24.1. The van der Waals surface area contributed by atoms with Crippen molar-refractivity contribution >= 4 is 53.4 Å². The molecule has 8 aromatic rings. The summed E-state index contributed by atoms with van der Waals surface area (Å²) in [7, 11) is 0. The maximum Gasteiger partial charge on any atom is 0.148 e. The number of rotatable bonds is 3. The number of fused-ring (bicyclic) bond motifs is 6. The van der Waals surface area contributed by atoms with Crippen LogP contribution < -0.4 is 0 Å². The number of hydrogen-bond donors (Lipinski definition) is 1. The molecule has 3 aromatic heterocycles. The van der Waals surface area contributed by atoms with Gasteiger partial charge in [0, 0.05) is 43.2 Å². The zero-order valence-electron chi connectivity index (χ0n) is 21.0. The Morgan fingerprint density at radius 3 is 2.30 bits per heavy atom. The SMILES string of the molecule is Oc1ccccc1-c1nc2c(-c3[c-]c4c5ncccc5sc4c4ccccc34)cccc2n1-c1ccccc1.[Pt]. The van der Waals surface area contributed by atoms with Crippen molar-refractivity contribution in [1.29, 1.82) is 0 Å². The molecule has 4 nitrogen and oxygen atoms in total. The number of aromatic nitrogens is 3. The van der Waals surface area contributed by atoms with Crippen molar-refractivity contribution in [3.63, 3.8) is 0 Å². The predicted octanol–water partition coefficient (Wildman–Crippen LogP) is 8.78. The van der Waals surface area contributed by atoms with Crippen molar-refractivity contribution in [2.24, 2.45) is 0 Å². The van der Waals surface area contributed by atoms with Gasteiger partial charge in [0.2, 0.25) is 0 Å². The van der Waals surface area contributed by atoms with Gasteiger partial charge in [-0.2, -0.15) is 11.3 Å². The van der Waals surface area contributed by atoms with Gasteiger partial charge in [-0.25, -0.2) is 4.98 Å². The van der Waals surface area contributed by atoms with Crippen LogP contribution in [-0.4, -0.2) is 19.6 Å². The number of aromatic hydroxyl groups is 1. The minimum Gasteiger partial charge on any atom is -0.507 e. The number of nitrogens with zero attached hydrogens (tertiary/aromatic N) is 3. The van der Waals surface area contributed by atoms with Gasteiger partial charge in [-0.15, -0.1) is 11.6 Å². The smallest absolute Gasteiger partial charge is 0.148 e. The van der Waals surface area contributed by atoms with Gasteiger partial charge in [0.1, 0.15) is 11.6 Å². The Bertz CT molecular complexity index is 2200. The molecule has 5 aromatic carbocycles. The first-order chi connectivity index (χ1) is 19.3. The molecular weight excluding hydrogens is 694 g/mol. The van der Waals surface area contributed by atoms with E-state index in [1.807, 2.05) is 48.7 Å². The largest absolute Gasteiger partial charge is 0.507 e. The van der Waals surface area contributed by atoms with Crippen LogP contribution in [-0.2, 0) is 21.1 Å². The second-order valence-corrected chi connectivity index (χ2v) is 10.6. The molecule has 0 atom stereocenters. The molecule has 1 N–H and O–H groups in total. The molecule has 0 fully saturated rings. The third-order valence-corrected chi connectivity index (χ3v) is 8.43. The van der Waals surface area contributed by atoms with Crippen LogP contribution in [0.4, 0.5) is 0 Å².